The number of hydrogen-bond donors (Lipinski definition) is 1. The third kappa shape index (κ3) is 4.13. The summed E-state index contributed by atoms with van der Waals surface area (Å²) < 4.78 is 5.63. The van der Waals surface area contributed by atoms with Crippen molar-refractivity contribution in [2.75, 3.05) is 13.7 Å². The van der Waals surface area contributed by atoms with E-state index in [1.807, 2.05) is 18.2 Å². The molecule has 2 aromatic rings. The third-order valence-electron chi connectivity index (χ3n) is 3.82. The van der Waals surface area contributed by atoms with Gasteiger partial charge in [-0.05, 0) is 20.4 Å². The smallest absolute Gasteiger partial charge is 0.0949 e. The third-order valence-corrected chi connectivity index (χ3v) is 4.69. The Kier molecular flexibility index (Phi) is 5.51. The number of methoxy groups -OCH3 is 1. The molecule has 2 rings (SSSR count). The van der Waals surface area contributed by atoms with E-state index in [0.29, 0.717) is 0 Å². The van der Waals surface area contributed by atoms with Gasteiger partial charge in [0, 0.05) is 30.5 Å². The number of nitrogens with zero attached hydrogens (tertiary/aromatic N) is 1. The van der Waals surface area contributed by atoms with Crippen molar-refractivity contribution in [2.24, 2.45) is 0 Å². The lowest BCUT2D eigenvalue weighted by molar-refractivity contribution is -0.00960. The Labute approximate surface area is 131 Å². The van der Waals surface area contributed by atoms with Crippen molar-refractivity contribution in [3.63, 3.8) is 0 Å². The highest BCUT2D eigenvalue weighted by molar-refractivity contribution is 7.09. The summed E-state index contributed by atoms with van der Waals surface area (Å²) in [4.78, 5) is 4.77. The molecule has 1 unspecified atom stereocenters. The van der Waals surface area contributed by atoms with Gasteiger partial charge in [0.1, 0.15) is 0 Å². The van der Waals surface area contributed by atoms with E-state index >= 15 is 0 Å². The van der Waals surface area contributed by atoms with Crippen LogP contribution in [-0.2, 0) is 11.2 Å². The Bertz CT molecular complexity index is 551. The van der Waals surface area contributed by atoms with Gasteiger partial charge in [-0.3, -0.25) is 0 Å². The lowest BCUT2D eigenvalue weighted by atomic mass is 9.95. The van der Waals surface area contributed by atoms with Crippen LogP contribution >= 0.6 is 11.3 Å². The molecular weight excluding hydrogens is 280 g/mol. The Morgan fingerprint density at radius 2 is 2.00 bits per heavy atom. The number of ether oxygens (including phenoxy) is 1. The summed E-state index contributed by atoms with van der Waals surface area (Å²) in [5.74, 6) is 0. The summed E-state index contributed by atoms with van der Waals surface area (Å²) in [6.07, 6.45) is 0.881. The van der Waals surface area contributed by atoms with E-state index in [2.05, 4.69) is 43.6 Å². The predicted octanol–water partition coefficient (Wildman–Crippen LogP) is 3.76. The van der Waals surface area contributed by atoms with Crippen LogP contribution in [0, 0.1) is 0 Å². The fourth-order valence-electron chi connectivity index (χ4n) is 2.27. The summed E-state index contributed by atoms with van der Waals surface area (Å²) >= 11 is 1.72. The summed E-state index contributed by atoms with van der Waals surface area (Å²) in [6.45, 7) is 7.28. The molecule has 0 amide bonds. The van der Waals surface area contributed by atoms with Gasteiger partial charge in [0.2, 0.25) is 0 Å². The molecule has 114 valence electrons. The van der Waals surface area contributed by atoms with Crippen LogP contribution in [0.1, 0.15) is 25.8 Å². The first kappa shape index (κ1) is 16.1. The molecule has 0 aliphatic heterocycles. The zero-order valence-corrected chi connectivity index (χ0v) is 14.0. The minimum absolute atomic E-state index is 0.214. The standard InChI is InChI=1S/C17H24N2OS/c1-5-18-15(17(2,3)20-4)11-16-19-14(12-21-16)13-9-7-6-8-10-13/h6-10,12,15,18H,5,11H2,1-4H3. The van der Waals surface area contributed by atoms with Crippen LogP contribution in [0.5, 0.6) is 0 Å². The molecule has 21 heavy (non-hydrogen) atoms. The van der Waals surface area contributed by atoms with Crippen LogP contribution in [0.3, 0.4) is 0 Å². The molecule has 1 atom stereocenters. The maximum atomic E-state index is 5.63. The number of aromatic nitrogens is 1. The molecule has 0 radical (unpaired) electrons. The van der Waals surface area contributed by atoms with E-state index in [9.17, 15) is 0 Å². The van der Waals surface area contributed by atoms with Gasteiger partial charge in [-0.25, -0.2) is 4.98 Å². The molecule has 0 saturated carbocycles. The molecule has 0 bridgehead atoms. The molecule has 1 aromatic carbocycles. The van der Waals surface area contributed by atoms with E-state index in [1.165, 1.54) is 5.56 Å². The molecule has 0 aliphatic carbocycles. The lowest BCUT2D eigenvalue weighted by Crippen LogP contribution is -2.49. The summed E-state index contributed by atoms with van der Waals surface area (Å²) in [6, 6.07) is 10.6. The van der Waals surface area contributed by atoms with Crippen molar-refractivity contribution in [1.29, 1.82) is 0 Å². The van der Waals surface area contributed by atoms with Gasteiger partial charge in [0.05, 0.1) is 16.3 Å². The SMILES string of the molecule is CCNC(Cc1nc(-c2ccccc2)cs1)C(C)(C)OC. The average Bonchev–Trinajstić information content (AvgIpc) is 2.96. The molecular formula is C17H24N2OS. The van der Waals surface area contributed by atoms with Crippen LogP contribution in [-0.4, -0.2) is 30.3 Å². The number of thiazole rings is 1. The topological polar surface area (TPSA) is 34.2 Å². The van der Waals surface area contributed by atoms with Gasteiger partial charge in [0.25, 0.3) is 0 Å². The molecule has 0 saturated heterocycles. The van der Waals surface area contributed by atoms with Crippen molar-refractivity contribution in [1.82, 2.24) is 10.3 Å². The summed E-state index contributed by atoms with van der Waals surface area (Å²) in [5, 5.41) is 6.79. The van der Waals surface area contributed by atoms with Crippen molar-refractivity contribution in [2.45, 2.75) is 38.8 Å². The van der Waals surface area contributed by atoms with Crippen molar-refractivity contribution >= 4 is 11.3 Å². The first-order chi connectivity index (χ1) is 10.1. The number of benzene rings is 1. The Hall–Kier alpha value is -1.23. The van der Waals surface area contributed by atoms with Crippen LogP contribution in [0.15, 0.2) is 35.7 Å². The zero-order chi connectivity index (χ0) is 15.3. The van der Waals surface area contributed by atoms with Gasteiger partial charge in [-0.1, -0.05) is 37.3 Å². The predicted molar refractivity (Wildman–Crippen MR) is 89.8 cm³/mol. The second-order valence-corrected chi connectivity index (χ2v) is 6.56. The number of hydrogen-bond acceptors (Lipinski definition) is 4. The molecule has 1 N–H and O–H groups in total. The number of rotatable bonds is 7. The van der Waals surface area contributed by atoms with Crippen molar-refractivity contribution in [3.8, 4) is 11.3 Å². The molecule has 4 heteroatoms. The fourth-order valence-corrected chi connectivity index (χ4v) is 3.12. The van der Waals surface area contributed by atoms with Crippen molar-refractivity contribution in [3.05, 3.63) is 40.7 Å². The van der Waals surface area contributed by atoms with E-state index in [1.54, 1.807) is 18.4 Å². The molecule has 0 spiro atoms. The normalized spacial score (nSPS) is 13.3. The van der Waals surface area contributed by atoms with E-state index in [-0.39, 0.29) is 11.6 Å². The highest BCUT2D eigenvalue weighted by Crippen LogP contribution is 2.24. The molecule has 0 fully saturated rings. The minimum atomic E-state index is -0.214. The molecule has 1 heterocycles. The Morgan fingerprint density at radius 3 is 2.62 bits per heavy atom. The quantitative estimate of drug-likeness (QED) is 0.846. The van der Waals surface area contributed by atoms with E-state index in [0.717, 1.165) is 23.7 Å². The fraction of sp³-hybridized carbons (Fsp3) is 0.471. The number of nitrogens with one attached hydrogen (secondary N) is 1. The lowest BCUT2D eigenvalue weighted by Gasteiger charge is -2.33. The van der Waals surface area contributed by atoms with Gasteiger partial charge in [-0.15, -0.1) is 11.3 Å². The van der Waals surface area contributed by atoms with Crippen molar-refractivity contribution < 1.29 is 4.74 Å². The largest absolute Gasteiger partial charge is 0.377 e. The van der Waals surface area contributed by atoms with E-state index < -0.39 is 0 Å². The maximum absolute atomic E-state index is 5.63. The zero-order valence-electron chi connectivity index (χ0n) is 13.2. The van der Waals surface area contributed by atoms with Gasteiger partial charge < -0.3 is 10.1 Å². The van der Waals surface area contributed by atoms with Crippen LogP contribution < -0.4 is 5.32 Å². The van der Waals surface area contributed by atoms with Gasteiger partial charge >= 0.3 is 0 Å². The minimum Gasteiger partial charge on any atom is -0.377 e. The van der Waals surface area contributed by atoms with Gasteiger partial charge in [0.15, 0.2) is 0 Å². The Balaban J connectivity index is 2.14. The first-order valence-electron chi connectivity index (χ1n) is 7.35. The average molecular weight is 304 g/mol. The highest BCUT2D eigenvalue weighted by Gasteiger charge is 2.29. The highest BCUT2D eigenvalue weighted by atomic mass is 32.1. The molecule has 0 aliphatic rings. The van der Waals surface area contributed by atoms with E-state index in [4.69, 9.17) is 9.72 Å². The second-order valence-electron chi connectivity index (χ2n) is 5.61. The second kappa shape index (κ2) is 7.16. The van der Waals surface area contributed by atoms with Crippen LogP contribution in [0.4, 0.5) is 0 Å². The first-order valence-corrected chi connectivity index (χ1v) is 8.23. The molecule has 1 aromatic heterocycles. The maximum Gasteiger partial charge on any atom is 0.0949 e. The van der Waals surface area contributed by atoms with Crippen LogP contribution in [0.2, 0.25) is 0 Å². The van der Waals surface area contributed by atoms with Gasteiger partial charge in [-0.2, -0.15) is 0 Å². The Morgan fingerprint density at radius 1 is 1.29 bits per heavy atom. The number of likely N-dealkylation sites (N-methyl/N-ethyl adjacent to an activating group) is 1. The van der Waals surface area contributed by atoms with Crippen LogP contribution in [0.25, 0.3) is 11.3 Å². The summed E-state index contributed by atoms with van der Waals surface area (Å²) in [5.41, 5.74) is 2.02. The molecule has 3 nitrogen and oxygen atoms in total. The summed E-state index contributed by atoms with van der Waals surface area (Å²) in [7, 11) is 1.77. The monoisotopic (exact) mass is 304 g/mol.